The van der Waals surface area contributed by atoms with E-state index in [9.17, 15) is 13.2 Å². The lowest BCUT2D eigenvalue weighted by molar-refractivity contribution is 0.0692. The Balaban J connectivity index is 2.17. The van der Waals surface area contributed by atoms with Crippen molar-refractivity contribution in [3.8, 4) is 0 Å². The van der Waals surface area contributed by atoms with E-state index in [0.29, 0.717) is 6.61 Å². The molecule has 1 aliphatic heterocycles. The van der Waals surface area contributed by atoms with Gasteiger partial charge in [-0.05, 0) is 19.8 Å². The third-order valence-electron chi connectivity index (χ3n) is 2.97. The van der Waals surface area contributed by atoms with Crippen LogP contribution in [-0.4, -0.2) is 48.4 Å². The highest BCUT2D eigenvalue weighted by Gasteiger charge is 2.30. The molecule has 19 heavy (non-hydrogen) atoms. The molecule has 1 aliphatic rings. The second-order valence-electron chi connectivity index (χ2n) is 4.38. The normalized spacial score (nSPS) is 21.4. The first-order chi connectivity index (χ1) is 8.92. The maximum atomic E-state index is 12.1. The van der Waals surface area contributed by atoms with Gasteiger partial charge in [0.1, 0.15) is 5.56 Å². The summed E-state index contributed by atoms with van der Waals surface area (Å²) in [5.41, 5.74) is -0.382. The molecule has 2 atom stereocenters. The Hall–Kier alpha value is -1.45. The van der Waals surface area contributed by atoms with Crippen molar-refractivity contribution < 1.29 is 23.1 Å². The average Bonchev–Trinajstić information content (AvgIpc) is 3.00. The van der Waals surface area contributed by atoms with Crippen LogP contribution in [0.3, 0.4) is 0 Å². The largest absolute Gasteiger partial charge is 0.478 e. The van der Waals surface area contributed by atoms with Gasteiger partial charge in [-0.3, -0.25) is 5.10 Å². The van der Waals surface area contributed by atoms with Crippen LogP contribution in [-0.2, 0) is 14.8 Å². The molecule has 1 saturated heterocycles. The summed E-state index contributed by atoms with van der Waals surface area (Å²) in [6, 6.07) is -0.433. The number of nitrogens with one attached hydrogen (secondary N) is 2. The molecule has 2 heterocycles. The highest BCUT2D eigenvalue weighted by Crippen LogP contribution is 2.18. The SMILES string of the molecule is CC(NS(=O)(=O)c1[nH]ncc1C(=O)O)C1CCCO1. The van der Waals surface area contributed by atoms with Gasteiger partial charge < -0.3 is 9.84 Å². The quantitative estimate of drug-likeness (QED) is 0.699. The van der Waals surface area contributed by atoms with E-state index in [1.807, 2.05) is 0 Å². The van der Waals surface area contributed by atoms with Crippen LogP contribution in [0.1, 0.15) is 30.1 Å². The maximum absolute atomic E-state index is 12.1. The predicted molar refractivity (Wildman–Crippen MR) is 64.3 cm³/mol. The third-order valence-corrected chi connectivity index (χ3v) is 4.50. The maximum Gasteiger partial charge on any atom is 0.340 e. The van der Waals surface area contributed by atoms with E-state index < -0.39 is 27.1 Å². The van der Waals surface area contributed by atoms with E-state index in [1.54, 1.807) is 6.92 Å². The fourth-order valence-corrected chi connectivity index (χ4v) is 3.37. The Morgan fingerprint density at radius 3 is 3.00 bits per heavy atom. The molecule has 2 rings (SSSR count). The highest BCUT2D eigenvalue weighted by molar-refractivity contribution is 7.89. The molecule has 1 aromatic heterocycles. The average molecular weight is 289 g/mol. The van der Waals surface area contributed by atoms with Crippen molar-refractivity contribution in [3.05, 3.63) is 11.8 Å². The zero-order valence-electron chi connectivity index (χ0n) is 10.3. The lowest BCUT2D eigenvalue weighted by Crippen LogP contribution is -2.41. The van der Waals surface area contributed by atoms with Gasteiger partial charge in [0.15, 0.2) is 5.03 Å². The van der Waals surface area contributed by atoms with Gasteiger partial charge in [-0.25, -0.2) is 17.9 Å². The van der Waals surface area contributed by atoms with Crippen molar-refractivity contribution in [1.82, 2.24) is 14.9 Å². The molecule has 8 nitrogen and oxygen atoms in total. The topological polar surface area (TPSA) is 121 Å². The number of rotatable bonds is 5. The molecule has 0 spiro atoms. The second-order valence-corrected chi connectivity index (χ2v) is 6.03. The molecule has 0 bridgehead atoms. The highest BCUT2D eigenvalue weighted by atomic mass is 32.2. The van der Waals surface area contributed by atoms with E-state index >= 15 is 0 Å². The van der Waals surface area contributed by atoms with Gasteiger partial charge in [-0.2, -0.15) is 5.10 Å². The minimum Gasteiger partial charge on any atom is -0.478 e. The minimum atomic E-state index is -3.96. The monoisotopic (exact) mass is 289 g/mol. The van der Waals surface area contributed by atoms with Crippen LogP contribution in [0.2, 0.25) is 0 Å². The summed E-state index contributed by atoms with van der Waals surface area (Å²) in [7, 11) is -3.96. The van der Waals surface area contributed by atoms with Crippen molar-refractivity contribution in [1.29, 1.82) is 0 Å². The zero-order chi connectivity index (χ0) is 14.0. The van der Waals surface area contributed by atoms with Gasteiger partial charge in [-0.15, -0.1) is 0 Å². The van der Waals surface area contributed by atoms with E-state index in [1.165, 1.54) is 0 Å². The molecule has 9 heteroatoms. The number of carboxylic acids is 1. The molecule has 0 saturated carbocycles. The Kier molecular flexibility index (Phi) is 3.88. The first kappa shape index (κ1) is 14.0. The van der Waals surface area contributed by atoms with Gasteiger partial charge in [0.2, 0.25) is 0 Å². The van der Waals surface area contributed by atoms with Crippen molar-refractivity contribution in [2.24, 2.45) is 0 Å². The van der Waals surface area contributed by atoms with Crippen LogP contribution in [0.25, 0.3) is 0 Å². The number of aromatic nitrogens is 2. The summed E-state index contributed by atoms with van der Waals surface area (Å²) in [5.74, 6) is -1.35. The number of aromatic amines is 1. The molecule has 1 fully saturated rings. The third kappa shape index (κ3) is 2.94. The van der Waals surface area contributed by atoms with E-state index in [-0.39, 0.29) is 11.7 Å². The molecular weight excluding hydrogens is 274 g/mol. The van der Waals surface area contributed by atoms with E-state index in [4.69, 9.17) is 9.84 Å². The Morgan fingerprint density at radius 1 is 1.68 bits per heavy atom. The van der Waals surface area contributed by atoms with Gasteiger partial charge in [-0.1, -0.05) is 0 Å². The minimum absolute atomic E-state index is 0.189. The predicted octanol–water partition coefficient (Wildman–Crippen LogP) is -0.0463. The van der Waals surface area contributed by atoms with Crippen LogP contribution < -0.4 is 4.72 Å². The molecular formula is C10H15N3O5S. The van der Waals surface area contributed by atoms with Crippen molar-refractivity contribution in [2.75, 3.05) is 6.61 Å². The number of hydrogen-bond donors (Lipinski definition) is 3. The smallest absolute Gasteiger partial charge is 0.340 e. The van der Waals surface area contributed by atoms with Crippen molar-refractivity contribution in [2.45, 2.75) is 36.9 Å². The van der Waals surface area contributed by atoms with Gasteiger partial charge in [0, 0.05) is 12.6 Å². The first-order valence-electron chi connectivity index (χ1n) is 5.82. The number of sulfonamides is 1. The molecule has 0 aliphatic carbocycles. The molecule has 0 aromatic carbocycles. The van der Waals surface area contributed by atoms with E-state index in [0.717, 1.165) is 19.0 Å². The fraction of sp³-hybridized carbons (Fsp3) is 0.600. The standard InChI is InChI=1S/C10H15N3O5S/c1-6(8-3-2-4-18-8)13-19(16,17)9-7(10(14)15)5-11-12-9/h5-6,8,13H,2-4H2,1H3,(H,11,12)(H,14,15). The first-order valence-corrected chi connectivity index (χ1v) is 7.30. The molecule has 0 radical (unpaired) electrons. The number of ether oxygens (including phenoxy) is 1. The molecule has 1 aromatic rings. The number of carboxylic acid groups (broad SMARTS) is 1. The number of hydrogen-bond acceptors (Lipinski definition) is 5. The van der Waals surface area contributed by atoms with Crippen LogP contribution >= 0.6 is 0 Å². The van der Waals surface area contributed by atoms with Gasteiger partial charge in [0.05, 0.1) is 12.3 Å². The number of nitrogens with zero attached hydrogens (tertiary/aromatic N) is 1. The summed E-state index contributed by atoms with van der Waals surface area (Å²) in [4.78, 5) is 10.9. The van der Waals surface area contributed by atoms with E-state index in [2.05, 4.69) is 14.9 Å². The number of carbonyl (C=O) groups is 1. The summed E-state index contributed by atoms with van der Waals surface area (Å²) < 4.78 is 32.0. The molecule has 0 amide bonds. The molecule has 2 unspecified atom stereocenters. The fourth-order valence-electron chi connectivity index (χ4n) is 2.01. The molecule has 106 valence electrons. The summed E-state index contributed by atoms with van der Waals surface area (Å²) in [6.45, 7) is 2.30. The van der Waals surface area contributed by atoms with Gasteiger partial charge in [0.25, 0.3) is 10.0 Å². The lowest BCUT2D eigenvalue weighted by atomic mass is 10.1. The zero-order valence-corrected chi connectivity index (χ0v) is 11.1. The molecule has 3 N–H and O–H groups in total. The second kappa shape index (κ2) is 5.27. The van der Waals surface area contributed by atoms with Crippen LogP contribution in [0, 0.1) is 0 Å². The summed E-state index contributed by atoms with van der Waals surface area (Å²) in [5, 5.41) is 14.1. The van der Waals surface area contributed by atoms with Crippen LogP contribution in [0.4, 0.5) is 0 Å². The summed E-state index contributed by atoms with van der Waals surface area (Å²) in [6.07, 6.45) is 2.44. The Bertz CT molecular complexity index is 561. The lowest BCUT2D eigenvalue weighted by Gasteiger charge is -2.19. The Morgan fingerprint density at radius 2 is 2.42 bits per heavy atom. The van der Waals surface area contributed by atoms with Crippen LogP contribution in [0.5, 0.6) is 0 Å². The number of aromatic carboxylic acids is 1. The van der Waals surface area contributed by atoms with Gasteiger partial charge >= 0.3 is 5.97 Å². The van der Waals surface area contributed by atoms with Crippen LogP contribution in [0.15, 0.2) is 11.2 Å². The van der Waals surface area contributed by atoms with Crippen molar-refractivity contribution >= 4 is 16.0 Å². The summed E-state index contributed by atoms with van der Waals surface area (Å²) >= 11 is 0. The van der Waals surface area contributed by atoms with Crippen molar-refractivity contribution in [3.63, 3.8) is 0 Å². The number of H-pyrrole nitrogens is 1. The Labute approximate surface area is 110 Å².